The second-order valence-corrected chi connectivity index (χ2v) is 5.13. The van der Waals surface area contributed by atoms with Crippen molar-refractivity contribution >= 4 is 23.2 Å². The van der Waals surface area contributed by atoms with E-state index in [1.807, 2.05) is 48.7 Å². The van der Waals surface area contributed by atoms with Gasteiger partial charge in [0.15, 0.2) is 5.65 Å². The van der Waals surface area contributed by atoms with Crippen LogP contribution >= 0.6 is 0 Å². The molecule has 6 heteroatoms. The van der Waals surface area contributed by atoms with Gasteiger partial charge in [-0.15, -0.1) is 10.2 Å². The molecule has 0 atom stereocenters. The Balaban J connectivity index is 1.78. The van der Waals surface area contributed by atoms with E-state index in [2.05, 4.69) is 34.3 Å². The van der Waals surface area contributed by atoms with E-state index in [1.54, 1.807) is 4.40 Å². The maximum atomic E-state index is 12.4. The first kappa shape index (κ1) is 15.0. The number of benzene rings is 1. The molecule has 0 spiro atoms. The number of anilines is 2. The van der Waals surface area contributed by atoms with Gasteiger partial charge >= 0.3 is 0 Å². The van der Waals surface area contributed by atoms with E-state index in [9.17, 15) is 4.79 Å². The number of carbonyl (C=O) groups excluding carboxylic acids is 1. The fraction of sp³-hybridized carbons (Fsp3) is 0.235. The Morgan fingerprint density at radius 2 is 1.83 bits per heavy atom. The Bertz CT molecular complexity index is 805. The fourth-order valence-corrected chi connectivity index (χ4v) is 2.51. The maximum Gasteiger partial charge on any atom is 0.258 e. The van der Waals surface area contributed by atoms with Crippen LogP contribution in [-0.4, -0.2) is 33.6 Å². The van der Waals surface area contributed by atoms with Crippen molar-refractivity contribution in [3.8, 4) is 0 Å². The largest absolute Gasteiger partial charge is 0.372 e. The van der Waals surface area contributed by atoms with Crippen molar-refractivity contribution in [2.75, 3.05) is 23.3 Å². The first-order valence-corrected chi connectivity index (χ1v) is 7.69. The first-order chi connectivity index (χ1) is 11.2. The second kappa shape index (κ2) is 6.48. The van der Waals surface area contributed by atoms with Crippen LogP contribution in [0.15, 0.2) is 48.7 Å². The minimum Gasteiger partial charge on any atom is -0.372 e. The summed E-state index contributed by atoms with van der Waals surface area (Å²) in [5, 5.41) is 10.8. The molecule has 1 amide bonds. The van der Waals surface area contributed by atoms with Crippen LogP contribution in [0.25, 0.3) is 5.65 Å². The molecule has 3 rings (SSSR count). The number of hydrogen-bond acceptors (Lipinski definition) is 4. The van der Waals surface area contributed by atoms with Crippen LogP contribution in [0.3, 0.4) is 0 Å². The van der Waals surface area contributed by atoms with Gasteiger partial charge in [0, 0.05) is 30.5 Å². The molecule has 1 N–H and O–H groups in total. The molecule has 3 aromatic rings. The van der Waals surface area contributed by atoms with Gasteiger partial charge in [-0.05, 0) is 50.2 Å². The molecule has 6 nitrogen and oxygen atoms in total. The zero-order valence-corrected chi connectivity index (χ0v) is 13.2. The molecule has 0 fully saturated rings. The molecule has 2 aromatic heterocycles. The van der Waals surface area contributed by atoms with E-state index in [0.29, 0.717) is 17.2 Å². The van der Waals surface area contributed by atoms with E-state index in [-0.39, 0.29) is 5.91 Å². The van der Waals surface area contributed by atoms with Crippen molar-refractivity contribution in [3.63, 3.8) is 0 Å². The third-order valence-corrected chi connectivity index (χ3v) is 3.80. The normalized spacial score (nSPS) is 10.7. The Hall–Kier alpha value is -2.89. The highest BCUT2D eigenvalue weighted by molar-refractivity contribution is 6.03. The summed E-state index contributed by atoms with van der Waals surface area (Å²) in [6.45, 7) is 6.10. The van der Waals surface area contributed by atoms with E-state index in [1.165, 1.54) is 0 Å². The summed E-state index contributed by atoms with van der Waals surface area (Å²) in [6, 6.07) is 13.2. The molecule has 118 valence electrons. The summed E-state index contributed by atoms with van der Waals surface area (Å²) in [7, 11) is 0. The lowest BCUT2D eigenvalue weighted by atomic mass is 10.2. The summed E-state index contributed by atoms with van der Waals surface area (Å²) >= 11 is 0. The van der Waals surface area contributed by atoms with E-state index >= 15 is 0 Å². The number of pyridine rings is 1. The van der Waals surface area contributed by atoms with Gasteiger partial charge in [0.1, 0.15) is 0 Å². The van der Waals surface area contributed by atoms with Gasteiger partial charge in [-0.3, -0.25) is 14.5 Å². The summed E-state index contributed by atoms with van der Waals surface area (Å²) in [5.41, 5.74) is 2.40. The molecule has 0 bridgehead atoms. The molecule has 0 unspecified atom stereocenters. The Morgan fingerprint density at radius 1 is 1.09 bits per heavy atom. The number of fused-ring (bicyclic) bond motifs is 1. The topological polar surface area (TPSA) is 62.5 Å². The van der Waals surface area contributed by atoms with Gasteiger partial charge in [0.05, 0.1) is 0 Å². The lowest BCUT2D eigenvalue weighted by molar-refractivity contribution is 0.102. The number of nitrogens with one attached hydrogen (secondary N) is 1. The maximum absolute atomic E-state index is 12.4. The van der Waals surface area contributed by atoms with Gasteiger partial charge in [0.25, 0.3) is 5.91 Å². The quantitative estimate of drug-likeness (QED) is 0.787. The average molecular weight is 309 g/mol. The Morgan fingerprint density at radius 3 is 2.52 bits per heavy atom. The Kier molecular flexibility index (Phi) is 4.23. The van der Waals surface area contributed by atoms with Crippen LogP contribution in [0.5, 0.6) is 0 Å². The second-order valence-electron chi connectivity index (χ2n) is 5.13. The molecule has 0 aliphatic heterocycles. The van der Waals surface area contributed by atoms with Gasteiger partial charge < -0.3 is 4.90 Å². The first-order valence-electron chi connectivity index (χ1n) is 7.69. The highest BCUT2D eigenvalue weighted by atomic mass is 16.1. The minimum atomic E-state index is -0.200. The molecule has 0 saturated heterocycles. The number of rotatable bonds is 5. The standard InChI is InChI=1S/C17H19N5O/c1-3-21(4-2)14-10-8-13(9-11-14)16(23)18-17-20-19-15-7-5-6-12-22(15)17/h5-12H,3-4H2,1-2H3,(H,18,20,23). The number of aromatic nitrogens is 3. The molecule has 1 aromatic carbocycles. The predicted molar refractivity (Wildman–Crippen MR) is 90.9 cm³/mol. The Labute approximate surface area is 134 Å². The van der Waals surface area contributed by atoms with Crippen LogP contribution in [0.2, 0.25) is 0 Å². The number of hydrogen-bond donors (Lipinski definition) is 1. The molecular formula is C17H19N5O. The predicted octanol–water partition coefficient (Wildman–Crippen LogP) is 2.83. The van der Waals surface area contributed by atoms with Gasteiger partial charge in [-0.1, -0.05) is 6.07 Å². The van der Waals surface area contributed by atoms with Crippen LogP contribution < -0.4 is 10.2 Å². The van der Waals surface area contributed by atoms with E-state index in [4.69, 9.17) is 0 Å². The zero-order chi connectivity index (χ0) is 16.2. The monoisotopic (exact) mass is 309 g/mol. The third kappa shape index (κ3) is 3.01. The van der Waals surface area contributed by atoms with Crippen LogP contribution in [-0.2, 0) is 0 Å². The van der Waals surface area contributed by atoms with Gasteiger partial charge in [-0.25, -0.2) is 0 Å². The van der Waals surface area contributed by atoms with Crippen molar-refractivity contribution in [2.24, 2.45) is 0 Å². The molecular weight excluding hydrogens is 290 g/mol. The van der Waals surface area contributed by atoms with Gasteiger partial charge in [0.2, 0.25) is 5.95 Å². The van der Waals surface area contributed by atoms with Crippen LogP contribution in [0.1, 0.15) is 24.2 Å². The summed E-state index contributed by atoms with van der Waals surface area (Å²) in [6.07, 6.45) is 1.81. The van der Waals surface area contributed by atoms with Gasteiger partial charge in [-0.2, -0.15) is 0 Å². The minimum absolute atomic E-state index is 0.200. The SMILES string of the molecule is CCN(CC)c1ccc(C(=O)Nc2nnc3ccccn23)cc1. The lowest BCUT2D eigenvalue weighted by Crippen LogP contribution is -2.22. The average Bonchev–Trinajstić information content (AvgIpc) is 3.00. The lowest BCUT2D eigenvalue weighted by Gasteiger charge is -2.20. The van der Waals surface area contributed by atoms with Crippen molar-refractivity contribution in [2.45, 2.75) is 13.8 Å². The summed E-state index contributed by atoms with van der Waals surface area (Å²) in [5.74, 6) is 0.215. The number of nitrogens with zero attached hydrogens (tertiary/aromatic N) is 4. The molecule has 2 heterocycles. The summed E-state index contributed by atoms with van der Waals surface area (Å²) in [4.78, 5) is 14.6. The smallest absolute Gasteiger partial charge is 0.258 e. The number of carbonyl (C=O) groups is 1. The molecule has 0 radical (unpaired) electrons. The molecule has 0 aliphatic carbocycles. The van der Waals surface area contributed by atoms with Crippen molar-refractivity contribution in [1.82, 2.24) is 14.6 Å². The molecule has 0 aliphatic rings. The fourth-order valence-electron chi connectivity index (χ4n) is 2.51. The van der Waals surface area contributed by atoms with Crippen LogP contribution in [0, 0.1) is 0 Å². The van der Waals surface area contributed by atoms with Crippen molar-refractivity contribution in [1.29, 1.82) is 0 Å². The third-order valence-electron chi connectivity index (χ3n) is 3.80. The van der Waals surface area contributed by atoms with Crippen molar-refractivity contribution < 1.29 is 4.79 Å². The van der Waals surface area contributed by atoms with E-state index < -0.39 is 0 Å². The highest BCUT2D eigenvalue weighted by Gasteiger charge is 2.11. The molecule has 0 saturated carbocycles. The summed E-state index contributed by atoms with van der Waals surface area (Å²) < 4.78 is 1.74. The van der Waals surface area contributed by atoms with E-state index in [0.717, 1.165) is 18.8 Å². The van der Waals surface area contributed by atoms with Crippen molar-refractivity contribution in [3.05, 3.63) is 54.2 Å². The zero-order valence-electron chi connectivity index (χ0n) is 13.2. The highest BCUT2D eigenvalue weighted by Crippen LogP contribution is 2.16. The molecule has 23 heavy (non-hydrogen) atoms. The number of amides is 1. The van der Waals surface area contributed by atoms with Crippen LogP contribution in [0.4, 0.5) is 11.6 Å².